The third kappa shape index (κ3) is 5.91. The van der Waals surface area contributed by atoms with Gasteiger partial charge in [0.1, 0.15) is 5.75 Å². The Morgan fingerprint density at radius 3 is 2.62 bits per heavy atom. The van der Waals surface area contributed by atoms with Crippen molar-refractivity contribution in [1.82, 2.24) is 5.32 Å². The lowest BCUT2D eigenvalue weighted by Crippen LogP contribution is -2.45. The van der Waals surface area contributed by atoms with Crippen molar-refractivity contribution >= 4 is 29.3 Å². The molecular weight excluding hydrogens is 296 g/mol. The van der Waals surface area contributed by atoms with Crippen molar-refractivity contribution in [3.8, 4) is 5.75 Å². The van der Waals surface area contributed by atoms with E-state index in [0.29, 0.717) is 22.9 Å². The second-order valence-electron chi connectivity index (χ2n) is 5.20. The zero-order valence-electron chi connectivity index (χ0n) is 12.2. The highest BCUT2D eigenvalue weighted by Crippen LogP contribution is 2.26. The third-order valence-corrected chi connectivity index (χ3v) is 3.17. The summed E-state index contributed by atoms with van der Waals surface area (Å²) in [7, 11) is 1.52. The number of anilines is 1. The lowest BCUT2D eigenvalue weighted by molar-refractivity contribution is -0.137. The van der Waals surface area contributed by atoms with Crippen LogP contribution in [0.1, 0.15) is 26.7 Å². The number of rotatable bonds is 6. The van der Waals surface area contributed by atoms with Crippen LogP contribution in [0, 0.1) is 0 Å². The fourth-order valence-electron chi connectivity index (χ4n) is 1.67. The smallest absolute Gasteiger partial charge is 0.319 e. The number of urea groups is 1. The summed E-state index contributed by atoms with van der Waals surface area (Å²) in [6.07, 6.45) is 0.300. The van der Waals surface area contributed by atoms with Crippen LogP contribution in [-0.2, 0) is 4.79 Å². The second kappa shape index (κ2) is 7.17. The molecule has 0 aliphatic heterocycles. The summed E-state index contributed by atoms with van der Waals surface area (Å²) in [4.78, 5) is 22.5. The zero-order valence-corrected chi connectivity index (χ0v) is 13.0. The molecule has 0 fully saturated rings. The van der Waals surface area contributed by atoms with Gasteiger partial charge in [0.2, 0.25) is 0 Å². The lowest BCUT2D eigenvalue weighted by atomic mass is 9.99. The van der Waals surface area contributed by atoms with Gasteiger partial charge >= 0.3 is 12.0 Å². The number of carbonyl (C=O) groups is 2. The molecule has 0 bridgehead atoms. The average molecular weight is 315 g/mol. The minimum Gasteiger partial charge on any atom is -0.497 e. The molecule has 0 unspecified atom stereocenters. The third-order valence-electron chi connectivity index (χ3n) is 2.84. The Labute approximate surface area is 128 Å². The topological polar surface area (TPSA) is 87.7 Å². The summed E-state index contributed by atoms with van der Waals surface area (Å²) in [6.45, 7) is 3.51. The van der Waals surface area contributed by atoms with E-state index in [1.165, 1.54) is 7.11 Å². The molecule has 0 saturated heterocycles. The minimum atomic E-state index is -0.902. The molecule has 0 atom stereocenters. The maximum Gasteiger partial charge on any atom is 0.319 e. The standard InChI is InChI=1S/C14H19ClN2O4/c1-14(2,7-6-12(18)19)17-13(20)16-11-8-9(21-3)4-5-10(11)15/h4-5,8H,6-7H2,1-3H3,(H,18,19)(H2,16,17,20). The number of nitrogens with one attached hydrogen (secondary N) is 2. The summed E-state index contributed by atoms with van der Waals surface area (Å²) in [5.41, 5.74) is -0.226. The molecule has 0 saturated carbocycles. The van der Waals surface area contributed by atoms with Crippen LogP contribution >= 0.6 is 11.6 Å². The summed E-state index contributed by atoms with van der Waals surface area (Å²) in [6, 6.07) is 4.44. The molecule has 2 amide bonds. The van der Waals surface area contributed by atoms with Gasteiger partial charge in [-0.2, -0.15) is 0 Å². The molecule has 116 valence electrons. The first-order valence-corrected chi connectivity index (χ1v) is 6.76. The van der Waals surface area contributed by atoms with Crippen molar-refractivity contribution in [3.63, 3.8) is 0 Å². The molecule has 0 aromatic heterocycles. The maximum atomic E-state index is 12.0. The molecule has 0 aliphatic rings. The van der Waals surface area contributed by atoms with Gasteiger partial charge in [-0.1, -0.05) is 11.6 Å². The van der Waals surface area contributed by atoms with Gasteiger partial charge in [-0.3, -0.25) is 4.79 Å². The van der Waals surface area contributed by atoms with Gasteiger partial charge in [-0.05, 0) is 32.4 Å². The first-order chi connectivity index (χ1) is 9.73. The van der Waals surface area contributed by atoms with Crippen LogP contribution in [-0.4, -0.2) is 29.8 Å². The van der Waals surface area contributed by atoms with Crippen molar-refractivity contribution in [1.29, 1.82) is 0 Å². The first-order valence-electron chi connectivity index (χ1n) is 6.38. The van der Waals surface area contributed by atoms with Gasteiger partial charge in [0, 0.05) is 18.0 Å². The van der Waals surface area contributed by atoms with Crippen LogP contribution < -0.4 is 15.4 Å². The van der Waals surface area contributed by atoms with Gasteiger partial charge in [0.15, 0.2) is 0 Å². The molecular formula is C14H19ClN2O4. The Hall–Kier alpha value is -1.95. The van der Waals surface area contributed by atoms with E-state index in [2.05, 4.69) is 10.6 Å². The maximum absolute atomic E-state index is 12.0. The number of benzene rings is 1. The molecule has 0 heterocycles. The van der Waals surface area contributed by atoms with Gasteiger partial charge in [-0.25, -0.2) is 4.79 Å². The molecule has 0 spiro atoms. The van der Waals surface area contributed by atoms with Crippen molar-refractivity contribution in [2.24, 2.45) is 0 Å². The number of ether oxygens (including phenoxy) is 1. The number of carboxylic acids is 1. The number of carboxylic acid groups (broad SMARTS) is 1. The van der Waals surface area contributed by atoms with Crippen LogP contribution in [0.2, 0.25) is 5.02 Å². The molecule has 1 aromatic rings. The molecule has 7 heteroatoms. The molecule has 0 aliphatic carbocycles. The zero-order chi connectivity index (χ0) is 16.0. The lowest BCUT2D eigenvalue weighted by Gasteiger charge is -2.25. The predicted molar refractivity (Wildman–Crippen MR) is 81.1 cm³/mol. The molecule has 21 heavy (non-hydrogen) atoms. The Morgan fingerprint density at radius 2 is 2.05 bits per heavy atom. The second-order valence-corrected chi connectivity index (χ2v) is 5.61. The van der Waals surface area contributed by atoms with Gasteiger partial charge in [0.25, 0.3) is 0 Å². The minimum absolute atomic E-state index is 0.0206. The molecule has 6 nitrogen and oxygen atoms in total. The fraction of sp³-hybridized carbons (Fsp3) is 0.429. The van der Waals surface area contributed by atoms with Crippen molar-refractivity contribution in [2.45, 2.75) is 32.2 Å². The van der Waals surface area contributed by atoms with E-state index in [9.17, 15) is 9.59 Å². The fourth-order valence-corrected chi connectivity index (χ4v) is 1.83. The van der Waals surface area contributed by atoms with Crippen LogP contribution in [0.25, 0.3) is 0 Å². The number of halogens is 1. The molecule has 0 radical (unpaired) electrons. The van der Waals surface area contributed by atoms with E-state index in [-0.39, 0.29) is 6.42 Å². The van der Waals surface area contributed by atoms with Crippen molar-refractivity contribution in [3.05, 3.63) is 23.2 Å². The number of carbonyl (C=O) groups excluding carboxylic acids is 1. The Bertz CT molecular complexity index is 532. The van der Waals surface area contributed by atoms with Crippen LogP contribution in [0.3, 0.4) is 0 Å². The summed E-state index contributed by atoms with van der Waals surface area (Å²) in [5, 5.41) is 14.4. The number of aliphatic carboxylic acids is 1. The SMILES string of the molecule is COc1ccc(Cl)c(NC(=O)NC(C)(C)CCC(=O)O)c1. The Morgan fingerprint density at radius 1 is 1.38 bits per heavy atom. The van der Waals surface area contributed by atoms with Gasteiger partial charge < -0.3 is 20.5 Å². The predicted octanol–water partition coefficient (Wildman–Crippen LogP) is 3.11. The van der Waals surface area contributed by atoms with Crippen LogP contribution in [0.15, 0.2) is 18.2 Å². The molecule has 3 N–H and O–H groups in total. The van der Waals surface area contributed by atoms with E-state index < -0.39 is 17.5 Å². The van der Waals surface area contributed by atoms with Gasteiger partial charge in [0.05, 0.1) is 17.8 Å². The highest BCUT2D eigenvalue weighted by Gasteiger charge is 2.21. The Kier molecular flexibility index (Phi) is 5.84. The summed E-state index contributed by atoms with van der Waals surface area (Å²) < 4.78 is 5.06. The van der Waals surface area contributed by atoms with Crippen LogP contribution in [0.4, 0.5) is 10.5 Å². The van der Waals surface area contributed by atoms with Gasteiger partial charge in [-0.15, -0.1) is 0 Å². The van der Waals surface area contributed by atoms with Crippen molar-refractivity contribution < 1.29 is 19.4 Å². The quantitative estimate of drug-likeness (QED) is 0.753. The molecule has 1 rings (SSSR count). The van der Waals surface area contributed by atoms with E-state index in [1.54, 1.807) is 32.0 Å². The number of amides is 2. The van der Waals surface area contributed by atoms with E-state index in [1.807, 2.05) is 0 Å². The molecule has 1 aromatic carbocycles. The average Bonchev–Trinajstić information content (AvgIpc) is 2.38. The van der Waals surface area contributed by atoms with Crippen LogP contribution in [0.5, 0.6) is 5.75 Å². The number of methoxy groups -OCH3 is 1. The number of hydrogen-bond acceptors (Lipinski definition) is 3. The normalized spacial score (nSPS) is 10.9. The Balaban J connectivity index is 2.66. The highest BCUT2D eigenvalue weighted by molar-refractivity contribution is 6.33. The monoisotopic (exact) mass is 314 g/mol. The summed E-state index contributed by atoms with van der Waals surface area (Å²) >= 11 is 6.00. The largest absolute Gasteiger partial charge is 0.497 e. The van der Waals surface area contributed by atoms with E-state index in [4.69, 9.17) is 21.4 Å². The highest BCUT2D eigenvalue weighted by atomic mass is 35.5. The van der Waals surface area contributed by atoms with Crippen molar-refractivity contribution in [2.75, 3.05) is 12.4 Å². The summed E-state index contributed by atoms with van der Waals surface area (Å²) in [5.74, 6) is -0.332. The first kappa shape index (κ1) is 17.1. The number of hydrogen-bond donors (Lipinski definition) is 3. The van der Waals surface area contributed by atoms with E-state index >= 15 is 0 Å². The van der Waals surface area contributed by atoms with E-state index in [0.717, 1.165) is 0 Å².